The van der Waals surface area contributed by atoms with Crippen LogP contribution in [-0.4, -0.2) is 64.8 Å². The highest BCUT2D eigenvalue weighted by molar-refractivity contribution is 5.96. The lowest BCUT2D eigenvalue weighted by Crippen LogP contribution is -2.16. The molecule has 2 aromatic rings. The molecule has 0 saturated heterocycles. The van der Waals surface area contributed by atoms with Crippen molar-refractivity contribution in [1.29, 1.82) is 0 Å². The van der Waals surface area contributed by atoms with Crippen LogP contribution in [0.15, 0.2) is 48.6 Å². The number of benzene rings is 2. The molecular formula is C30H38O8. The normalized spacial score (nSPS) is 12.5. The summed E-state index contributed by atoms with van der Waals surface area (Å²) in [5.74, 6) is 0.938. The molecule has 0 atom stereocenters. The van der Waals surface area contributed by atoms with Gasteiger partial charge in [0, 0.05) is 33.0 Å². The Bertz CT molecular complexity index is 1050. The molecular weight excluding hydrogens is 488 g/mol. The molecule has 0 bridgehead atoms. The maximum Gasteiger partial charge on any atom is 0.333 e. The van der Waals surface area contributed by atoms with Gasteiger partial charge in [-0.3, -0.25) is 0 Å². The molecule has 8 heteroatoms. The summed E-state index contributed by atoms with van der Waals surface area (Å²) in [6.45, 7) is 12.8. The molecule has 38 heavy (non-hydrogen) atoms. The first-order valence-corrected chi connectivity index (χ1v) is 13.0. The van der Waals surface area contributed by atoms with E-state index < -0.39 is 11.9 Å². The van der Waals surface area contributed by atoms with E-state index in [1.807, 2.05) is 12.1 Å². The summed E-state index contributed by atoms with van der Waals surface area (Å²) in [7, 11) is 0. The molecule has 0 radical (unpaired) electrons. The van der Waals surface area contributed by atoms with Gasteiger partial charge in [0.05, 0.1) is 26.4 Å². The number of hydrogen-bond donors (Lipinski definition) is 0. The number of hydrogen-bond acceptors (Lipinski definition) is 8. The van der Waals surface area contributed by atoms with Crippen LogP contribution in [0.25, 0.3) is 10.8 Å². The first-order chi connectivity index (χ1) is 18.4. The fourth-order valence-electron chi connectivity index (χ4n) is 4.18. The molecule has 0 fully saturated rings. The van der Waals surface area contributed by atoms with Gasteiger partial charge in [0.15, 0.2) is 0 Å². The quantitative estimate of drug-likeness (QED) is 0.176. The SMILES string of the molecule is C=C(C)C(=O)OCCOCCOc1c2c(c(OCCOCCOC(=O)C(=C)C)c3ccccc13)CCCC2. The van der Waals surface area contributed by atoms with Gasteiger partial charge in [-0.2, -0.15) is 0 Å². The van der Waals surface area contributed by atoms with Crippen LogP contribution in [0.1, 0.15) is 37.8 Å². The zero-order valence-corrected chi connectivity index (χ0v) is 22.5. The highest BCUT2D eigenvalue weighted by atomic mass is 16.6. The molecule has 0 aromatic heterocycles. The lowest BCUT2D eigenvalue weighted by molar-refractivity contribution is -0.141. The maximum atomic E-state index is 11.4. The first-order valence-electron chi connectivity index (χ1n) is 13.0. The van der Waals surface area contributed by atoms with Gasteiger partial charge >= 0.3 is 11.9 Å². The lowest BCUT2D eigenvalue weighted by atomic mass is 9.87. The van der Waals surface area contributed by atoms with Crippen molar-refractivity contribution < 1.29 is 38.0 Å². The van der Waals surface area contributed by atoms with E-state index in [0.717, 1.165) is 48.0 Å². The molecule has 2 aromatic carbocycles. The smallest absolute Gasteiger partial charge is 0.333 e. The summed E-state index contributed by atoms with van der Waals surface area (Å²) < 4.78 is 33.8. The third kappa shape index (κ3) is 8.33. The average Bonchev–Trinajstić information content (AvgIpc) is 2.92. The van der Waals surface area contributed by atoms with Gasteiger partial charge in [0.2, 0.25) is 0 Å². The summed E-state index contributed by atoms with van der Waals surface area (Å²) in [6.07, 6.45) is 4.04. The summed E-state index contributed by atoms with van der Waals surface area (Å²) in [4.78, 5) is 22.9. The summed E-state index contributed by atoms with van der Waals surface area (Å²) in [5.41, 5.74) is 3.11. The number of fused-ring (bicyclic) bond motifs is 2. The number of ether oxygens (including phenoxy) is 6. The van der Waals surface area contributed by atoms with Crippen molar-refractivity contribution in [2.45, 2.75) is 39.5 Å². The van der Waals surface area contributed by atoms with Gasteiger partial charge in [0.1, 0.15) is 37.9 Å². The van der Waals surface area contributed by atoms with E-state index >= 15 is 0 Å². The van der Waals surface area contributed by atoms with Crippen LogP contribution in [0.4, 0.5) is 0 Å². The standard InChI is InChI=1S/C30H38O8/c1-21(2)29(31)37-19-15-33-13-17-35-27-23-9-5-7-11-25(23)28(26-12-8-6-10-24(26)27)36-18-14-34-16-20-38-30(32)22(3)4/h5,7,9,11H,1,3,6,8,10,12-20H2,2,4H3. The minimum atomic E-state index is -0.416. The van der Waals surface area contributed by atoms with Crippen molar-refractivity contribution in [2.75, 3.05) is 52.9 Å². The maximum absolute atomic E-state index is 11.4. The third-order valence-corrected chi connectivity index (χ3v) is 6.00. The van der Waals surface area contributed by atoms with Gasteiger partial charge < -0.3 is 28.4 Å². The number of carbonyl (C=O) groups excluding carboxylic acids is 2. The largest absolute Gasteiger partial charge is 0.490 e. The number of carbonyl (C=O) groups is 2. The molecule has 206 valence electrons. The fraction of sp³-hybridized carbons (Fsp3) is 0.467. The van der Waals surface area contributed by atoms with E-state index in [4.69, 9.17) is 28.4 Å². The van der Waals surface area contributed by atoms with E-state index in [2.05, 4.69) is 25.3 Å². The second kappa shape index (κ2) is 15.1. The summed E-state index contributed by atoms with van der Waals surface area (Å²) >= 11 is 0. The van der Waals surface area contributed by atoms with Gasteiger partial charge in [0.25, 0.3) is 0 Å². The molecule has 0 saturated carbocycles. The Morgan fingerprint density at radius 3 is 1.45 bits per heavy atom. The molecule has 8 nitrogen and oxygen atoms in total. The minimum absolute atomic E-state index is 0.180. The molecule has 1 aliphatic carbocycles. The van der Waals surface area contributed by atoms with E-state index in [1.165, 1.54) is 11.1 Å². The van der Waals surface area contributed by atoms with Gasteiger partial charge in [-0.25, -0.2) is 9.59 Å². The van der Waals surface area contributed by atoms with Crippen molar-refractivity contribution in [3.8, 4) is 11.5 Å². The van der Waals surface area contributed by atoms with Crippen molar-refractivity contribution >= 4 is 22.7 Å². The molecule has 0 aliphatic heterocycles. The van der Waals surface area contributed by atoms with Crippen LogP contribution >= 0.6 is 0 Å². The summed E-state index contributed by atoms with van der Waals surface area (Å²) in [6, 6.07) is 8.10. The predicted octanol–water partition coefficient (Wildman–Crippen LogP) is 4.75. The zero-order chi connectivity index (χ0) is 27.3. The second-order valence-corrected chi connectivity index (χ2v) is 9.12. The van der Waals surface area contributed by atoms with E-state index in [1.54, 1.807) is 13.8 Å². The zero-order valence-electron chi connectivity index (χ0n) is 22.5. The van der Waals surface area contributed by atoms with E-state index in [-0.39, 0.29) is 13.2 Å². The predicted molar refractivity (Wildman–Crippen MR) is 145 cm³/mol. The van der Waals surface area contributed by atoms with Gasteiger partial charge in [-0.1, -0.05) is 37.4 Å². The Morgan fingerprint density at radius 2 is 1.05 bits per heavy atom. The van der Waals surface area contributed by atoms with Crippen molar-refractivity contribution in [1.82, 2.24) is 0 Å². The number of esters is 2. The highest BCUT2D eigenvalue weighted by Crippen LogP contribution is 2.44. The Hall–Kier alpha value is -3.36. The first kappa shape index (κ1) is 29.2. The Kier molecular flexibility index (Phi) is 11.6. The van der Waals surface area contributed by atoms with E-state index in [0.29, 0.717) is 50.8 Å². The third-order valence-electron chi connectivity index (χ3n) is 6.00. The monoisotopic (exact) mass is 526 g/mol. The molecule has 0 spiro atoms. The van der Waals surface area contributed by atoms with E-state index in [9.17, 15) is 9.59 Å². The molecule has 1 aliphatic rings. The Balaban J connectivity index is 1.58. The summed E-state index contributed by atoms with van der Waals surface area (Å²) in [5, 5.41) is 2.01. The minimum Gasteiger partial charge on any atom is -0.490 e. The van der Waals surface area contributed by atoms with Gasteiger partial charge in [-0.05, 0) is 39.5 Å². The molecule has 0 heterocycles. The van der Waals surface area contributed by atoms with Crippen LogP contribution in [0.2, 0.25) is 0 Å². The van der Waals surface area contributed by atoms with Crippen LogP contribution in [0.5, 0.6) is 11.5 Å². The molecule has 3 rings (SSSR count). The fourth-order valence-corrected chi connectivity index (χ4v) is 4.18. The van der Waals surface area contributed by atoms with Crippen molar-refractivity contribution in [3.05, 3.63) is 59.7 Å². The highest BCUT2D eigenvalue weighted by Gasteiger charge is 2.23. The average molecular weight is 527 g/mol. The van der Waals surface area contributed by atoms with Crippen molar-refractivity contribution in [3.63, 3.8) is 0 Å². The van der Waals surface area contributed by atoms with Crippen LogP contribution in [0, 0.1) is 0 Å². The Morgan fingerprint density at radius 1 is 0.658 bits per heavy atom. The Labute approximate surface area is 224 Å². The molecule has 0 N–H and O–H groups in total. The second-order valence-electron chi connectivity index (χ2n) is 9.12. The molecule has 0 amide bonds. The number of rotatable bonds is 16. The van der Waals surface area contributed by atoms with Crippen LogP contribution in [-0.2, 0) is 41.4 Å². The van der Waals surface area contributed by atoms with Gasteiger partial charge in [-0.15, -0.1) is 0 Å². The van der Waals surface area contributed by atoms with Crippen LogP contribution in [0.3, 0.4) is 0 Å². The lowest BCUT2D eigenvalue weighted by Gasteiger charge is -2.25. The molecule has 0 unspecified atom stereocenters. The van der Waals surface area contributed by atoms with Crippen LogP contribution < -0.4 is 9.47 Å². The topological polar surface area (TPSA) is 89.5 Å². The van der Waals surface area contributed by atoms with Crippen molar-refractivity contribution in [2.24, 2.45) is 0 Å².